The molecule has 0 radical (unpaired) electrons. The minimum absolute atomic E-state index is 0.152. The summed E-state index contributed by atoms with van der Waals surface area (Å²) in [5.41, 5.74) is 2.68. The van der Waals surface area contributed by atoms with Crippen LogP contribution in [-0.2, 0) is 11.3 Å². The number of thioether (sulfide) groups is 1. The Labute approximate surface area is 200 Å². The summed E-state index contributed by atoms with van der Waals surface area (Å²) in [7, 11) is 1.62. The second-order valence-corrected chi connectivity index (χ2v) is 9.23. The Kier molecular flexibility index (Phi) is 7.21. The molecule has 0 saturated heterocycles. The zero-order valence-electron chi connectivity index (χ0n) is 18.3. The third-order valence-electron chi connectivity index (χ3n) is 4.83. The van der Waals surface area contributed by atoms with Gasteiger partial charge in [0.05, 0.1) is 23.6 Å². The maximum absolute atomic E-state index is 12.8. The van der Waals surface area contributed by atoms with Crippen molar-refractivity contribution >= 4 is 34.1 Å². The van der Waals surface area contributed by atoms with Crippen LogP contribution in [0.4, 0.5) is 5.13 Å². The van der Waals surface area contributed by atoms with Crippen LogP contribution < -0.4 is 10.1 Å². The number of nitrogens with zero attached hydrogens (tertiary/aromatic N) is 4. The fraction of sp³-hybridized carbons (Fsp3) is 0.167. The molecular weight excluding hydrogens is 454 g/mol. The summed E-state index contributed by atoms with van der Waals surface area (Å²) in [6, 6.07) is 17.5. The van der Waals surface area contributed by atoms with Crippen molar-refractivity contribution in [3.8, 4) is 28.4 Å². The van der Waals surface area contributed by atoms with Gasteiger partial charge in [0.1, 0.15) is 5.75 Å². The van der Waals surface area contributed by atoms with E-state index in [2.05, 4.69) is 27.1 Å². The van der Waals surface area contributed by atoms with Crippen LogP contribution in [0.15, 0.2) is 77.8 Å². The monoisotopic (exact) mass is 477 g/mol. The van der Waals surface area contributed by atoms with Gasteiger partial charge in [-0.3, -0.25) is 9.36 Å². The zero-order chi connectivity index (χ0) is 23.2. The number of thiazole rings is 1. The summed E-state index contributed by atoms with van der Waals surface area (Å²) >= 11 is 2.74. The highest BCUT2D eigenvalue weighted by Crippen LogP contribution is 2.32. The lowest BCUT2D eigenvalue weighted by atomic mass is 10.2. The number of benzene rings is 2. The lowest BCUT2D eigenvalue weighted by Gasteiger charge is -2.13. The van der Waals surface area contributed by atoms with Gasteiger partial charge in [-0.1, -0.05) is 60.3 Å². The first-order valence-electron chi connectivity index (χ1n) is 10.3. The van der Waals surface area contributed by atoms with Gasteiger partial charge in [0.15, 0.2) is 16.1 Å². The number of carbonyl (C=O) groups is 1. The maximum Gasteiger partial charge on any atom is 0.239 e. The van der Waals surface area contributed by atoms with Gasteiger partial charge in [0.25, 0.3) is 0 Å². The predicted octanol–water partition coefficient (Wildman–Crippen LogP) is 5.38. The first kappa shape index (κ1) is 22.8. The molecule has 2 aromatic carbocycles. The highest BCUT2D eigenvalue weighted by Gasteiger charge is 2.22. The first-order chi connectivity index (χ1) is 16.1. The molecule has 0 unspecified atom stereocenters. The molecule has 168 valence electrons. The molecule has 1 atom stereocenters. The van der Waals surface area contributed by atoms with E-state index in [1.165, 1.54) is 23.1 Å². The molecule has 4 rings (SSSR count). The van der Waals surface area contributed by atoms with Crippen molar-refractivity contribution in [2.75, 3.05) is 12.4 Å². The van der Waals surface area contributed by atoms with Crippen molar-refractivity contribution in [1.29, 1.82) is 0 Å². The number of para-hydroxylation sites is 1. The number of anilines is 1. The lowest BCUT2D eigenvalue weighted by Crippen LogP contribution is -2.22. The van der Waals surface area contributed by atoms with Gasteiger partial charge in [-0.2, -0.15) is 0 Å². The number of allylic oxidation sites excluding steroid dienone is 1. The van der Waals surface area contributed by atoms with E-state index in [-0.39, 0.29) is 5.91 Å². The standard InChI is InChI=1S/C24H23N5O2S2/c1-4-14-29-21(18-12-8-9-13-20(18)31-3)27-28-24(29)33-16(2)22(30)26-23-25-19(15-32-23)17-10-6-5-7-11-17/h4-13,15-16H,1,14H2,2-3H3,(H,25,26,30)/t16-/m1/s1. The molecule has 0 spiro atoms. The summed E-state index contributed by atoms with van der Waals surface area (Å²) in [6.45, 7) is 6.19. The molecule has 0 aliphatic carbocycles. The van der Waals surface area contributed by atoms with Gasteiger partial charge in [0, 0.05) is 17.5 Å². The highest BCUT2D eigenvalue weighted by atomic mass is 32.2. The molecule has 33 heavy (non-hydrogen) atoms. The molecule has 2 heterocycles. The second-order valence-electron chi connectivity index (χ2n) is 7.06. The maximum atomic E-state index is 12.8. The number of hydrogen-bond acceptors (Lipinski definition) is 7. The normalized spacial score (nSPS) is 11.7. The molecule has 1 N–H and O–H groups in total. The number of nitrogens with one attached hydrogen (secondary N) is 1. The van der Waals surface area contributed by atoms with Crippen molar-refractivity contribution in [3.05, 3.63) is 72.6 Å². The highest BCUT2D eigenvalue weighted by molar-refractivity contribution is 8.00. The Hall–Kier alpha value is -3.43. The lowest BCUT2D eigenvalue weighted by molar-refractivity contribution is -0.115. The number of methoxy groups -OCH3 is 1. The molecule has 2 aromatic heterocycles. The van der Waals surface area contributed by atoms with Gasteiger partial charge < -0.3 is 10.1 Å². The van der Waals surface area contributed by atoms with Crippen LogP contribution in [0.3, 0.4) is 0 Å². The minimum Gasteiger partial charge on any atom is -0.496 e. The summed E-state index contributed by atoms with van der Waals surface area (Å²) in [6.07, 6.45) is 1.78. The van der Waals surface area contributed by atoms with E-state index >= 15 is 0 Å². The van der Waals surface area contributed by atoms with Crippen molar-refractivity contribution in [3.63, 3.8) is 0 Å². The topological polar surface area (TPSA) is 81.9 Å². The van der Waals surface area contributed by atoms with Gasteiger partial charge in [-0.05, 0) is 19.1 Å². The van der Waals surface area contributed by atoms with Crippen molar-refractivity contribution in [2.45, 2.75) is 23.9 Å². The van der Waals surface area contributed by atoms with Crippen LogP contribution in [0.2, 0.25) is 0 Å². The molecule has 1 amide bonds. The van der Waals surface area contributed by atoms with Crippen LogP contribution in [-0.4, -0.2) is 38.0 Å². The number of amides is 1. The summed E-state index contributed by atoms with van der Waals surface area (Å²) in [5, 5.41) is 14.3. The third-order valence-corrected chi connectivity index (χ3v) is 6.67. The number of carbonyl (C=O) groups excluding carboxylic acids is 1. The van der Waals surface area contributed by atoms with E-state index in [1.807, 2.05) is 71.5 Å². The Morgan fingerprint density at radius 1 is 1.21 bits per heavy atom. The fourth-order valence-electron chi connectivity index (χ4n) is 3.19. The first-order valence-corrected chi connectivity index (χ1v) is 12.0. The van der Waals surface area contributed by atoms with E-state index in [1.54, 1.807) is 13.2 Å². The molecule has 0 saturated carbocycles. The average Bonchev–Trinajstić information content (AvgIpc) is 3.47. The van der Waals surface area contributed by atoms with Crippen LogP contribution in [0.1, 0.15) is 6.92 Å². The van der Waals surface area contributed by atoms with E-state index in [0.717, 1.165) is 16.8 Å². The Morgan fingerprint density at radius 2 is 1.97 bits per heavy atom. The molecule has 0 bridgehead atoms. The Bertz CT molecular complexity index is 1250. The van der Waals surface area contributed by atoms with Crippen molar-refractivity contribution < 1.29 is 9.53 Å². The Morgan fingerprint density at radius 3 is 2.73 bits per heavy atom. The number of hydrogen-bond donors (Lipinski definition) is 1. The molecule has 0 aliphatic heterocycles. The Balaban J connectivity index is 1.49. The van der Waals surface area contributed by atoms with Crippen molar-refractivity contribution in [1.82, 2.24) is 19.7 Å². The van der Waals surface area contributed by atoms with E-state index in [0.29, 0.717) is 28.4 Å². The zero-order valence-corrected chi connectivity index (χ0v) is 19.9. The third kappa shape index (κ3) is 5.15. The van der Waals surface area contributed by atoms with Crippen LogP contribution in [0.25, 0.3) is 22.6 Å². The molecule has 7 nitrogen and oxygen atoms in total. The minimum atomic E-state index is -0.410. The SMILES string of the molecule is C=CCn1c(S[C@H](C)C(=O)Nc2nc(-c3ccccc3)cs2)nnc1-c1ccccc1OC. The molecule has 0 aliphatic rings. The van der Waals surface area contributed by atoms with Crippen LogP contribution in [0.5, 0.6) is 5.75 Å². The largest absolute Gasteiger partial charge is 0.496 e. The van der Waals surface area contributed by atoms with E-state index < -0.39 is 5.25 Å². The molecule has 4 aromatic rings. The van der Waals surface area contributed by atoms with Gasteiger partial charge in [0.2, 0.25) is 5.91 Å². The number of rotatable bonds is 9. The average molecular weight is 478 g/mol. The van der Waals surface area contributed by atoms with Gasteiger partial charge in [-0.15, -0.1) is 28.1 Å². The van der Waals surface area contributed by atoms with Gasteiger partial charge >= 0.3 is 0 Å². The van der Waals surface area contributed by atoms with E-state index in [4.69, 9.17) is 4.74 Å². The number of aromatic nitrogens is 4. The molecule has 9 heteroatoms. The predicted molar refractivity (Wildman–Crippen MR) is 134 cm³/mol. The summed E-state index contributed by atoms with van der Waals surface area (Å²) in [5.74, 6) is 1.21. The van der Waals surface area contributed by atoms with Crippen LogP contribution >= 0.6 is 23.1 Å². The summed E-state index contributed by atoms with van der Waals surface area (Å²) in [4.78, 5) is 17.4. The second kappa shape index (κ2) is 10.5. The quantitative estimate of drug-likeness (QED) is 0.257. The number of ether oxygens (including phenoxy) is 1. The molecule has 0 fully saturated rings. The van der Waals surface area contributed by atoms with E-state index in [9.17, 15) is 4.79 Å². The van der Waals surface area contributed by atoms with Gasteiger partial charge in [-0.25, -0.2) is 4.98 Å². The van der Waals surface area contributed by atoms with Crippen molar-refractivity contribution in [2.24, 2.45) is 0 Å². The molecular formula is C24H23N5O2S2. The van der Waals surface area contributed by atoms with Crippen LogP contribution in [0, 0.1) is 0 Å². The summed E-state index contributed by atoms with van der Waals surface area (Å²) < 4.78 is 7.40. The smallest absolute Gasteiger partial charge is 0.239 e. The fourth-order valence-corrected chi connectivity index (χ4v) is 4.77.